The number of aromatic nitrogens is 1. The van der Waals surface area contributed by atoms with Crippen LogP contribution in [0.15, 0.2) is 0 Å². The molecular formula is C18H27NO3S. The molecule has 0 amide bonds. The van der Waals surface area contributed by atoms with Crippen LogP contribution in [0.25, 0.3) is 0 Å². The zero-order valence-electron chi connectivity index (χ0n) is 14.2. The number of aryl methyl sites for hydroxylation is 2. The molecule has 2 aliphatic carbocycles. The molecule has 23 heavy (non-hydrogen) atoms. The van der Waals surface area contributed by atoms with Gasteiger partial charge in [0.15, 0.2) is 0 Å². The number of hydrogen-bond acceptors (Lipinski definition) is 5. The summed E-state index contributed by atoms with van der Waals surface area (Å²) in [7, 11) is 1.78. The van der Waals surface area contributed by atoms with Gasteiger partial charge in [0.1, 0.15) is 6.10 Å². The summed E-state index contributed by atoms with van der Waals surface area (Å²) in [6.07, 6.45) is 9.16. The highest BCUT2D eigenvalue weighted by Crippen LogP contribution is 2.37. The molecule has 1 aromatic rings. The minimum Gasteiger partial charge on any atom is -0.457 e. The summed E-state index contributed by atoms with van der Waals surface area (Å²) in [4.78, 5) is 18.2. The van der Waals surface area contributed by atoms with E-state index in [0.29, 0.717) is 18.4 Å². The van der Waals surface area contributed by atoms with Gasteiger partial charge in [-0.1, -0.05) is 6.92 Å². The van der Waals surface area contributed by atoms with Crippen molar-refractivity contribution in [2.75, 3.05) is 7.11 Å². The molecule has 2 aliphatic rings. The topological polar surface area (TPSA) is 48.4 Å². The molecule has 0 spiro atoms. The van der Waals surface area contributed by atoms with Crippen LogP contribution in [0.1, 0.15) is 73.6 Å². The smallest absolute Gasteiger partial charge is 0.306 e. The second kappa shape index (κ2) is 7.75. The Morgan fingerprint density at radius 3 is 2.74 bits per heavy atom. The molecule has 1 fully saturated rings. The number of methoxy groups -OCH3 is 1. The lowest BCUT2D eigenvalue weighted by Crippen LogP contribution is -2.23. The van der Waals surface area contributed by atoms with Crippen LogP contribution in [0.2, 0.25) is 0 Å². The second-order valence-corrected chi connectivity index (χ2v) is 7.84. The lowest BCUT2D eigenvalue weighted by molar-refractivity contribution is -0.151. The van der Waals surface area contributed by atoms with Crippen molar-refractivity contribution in [3.05, 3.63) is 15.6 Å². The van der Waals surface area contributed by atoms with Crippen molar-refractivity contribution in [2.45, 2.75) is 76.9 Å². The number of esters is 1. The van der Waals surface area contributed by atoms with Crippen LogP contribution in [0.3, 0.4) is 0 Å². The van der Waals surface area contributed by atoms with Crippen LogP contribution >= 0.6 is 11.3 Å². The van der Waals surface area contributed by atoms with E-state index in [2.05, 4.69) is 11.9 Å². The van der Waals surface area contributed by atoms with Crippen molar-refractivity contribution < 1.29 is 14.3 Å². The van der Waals surface area contributed by atoms with Gasteiger partial charge in [-0.2, -0.15) is 0 Å². The third-order valence-corrected chi connectivity index (χ3v) is 6.44. The SMILES string of the molecule is CCc1nc2c(s1)[C@@H](OC(=O)CC1CCC(OC)CC1)CCC2. The lowest BCUT2D eigenvalue weighted by atomic mass is 9.85. The highest BCUT2D eigenvalue weighted by Gasteiger charge is 2.29. The molecule has 3 rings (SSSR count). The number of carbonyl (C=O) groups is 1. The van der Waals surface area contributed by atoms with E-state index in [-0.39, 0.29) is 12.1 Å². The third-order valence-electron chi connectivity index (χ3n) is 5.10. The molecular weight excluding hydrogens is 310 g/mol. The lowest BCUT2D eigenvalue weighted by Gasteiger charge is -2.28. The molecule has 1 atom stereocenters. The molecule has 5 heteroatoms. The van der Waals surface area contributed by atoms with Crippen molar-refractivity contribution in [1.29, 1.82) is 0 Å². The molecule has 0 radical (unpaired) electrons. The Hall–Kier alpha value is -0.940. The van der Waals surface area contributed by atoms with E-state index in [1.54, 1.807) is 18.4 Å². The molecule has 0 N–H and O–H groups in total. The summed E-state index contributed by atoms with van der Waals surface area (Å²) in [5.74, 6) is 0.430. The van der Waals surface area contributed by atoms with Crippen molar-refractivity contribution in [3.8, 4) is 0 Å². The van der Waals surface area contributed by atoms with Gasteiger partial charge in [-0.25, -0.2) is 4.98 Å². The Kier molecular flexibility index (Phi) is 5.70. The molecule has 1 aromatic heterocycles. The largest absolute Gasteiger partial charge is 0.457 e. The predicted octanol–water partition coefficient (Wildman–Crippen LogP) is 4.22. The van der Waals surface area contributed by atoms with E-state index in [1.165, 1.54) is 4.88 Å². The van der Waals surface area contributed by atoms with Gasteiger partial charge in [0.2, 0.25) is 0 Å². The maximum absolute atomic E-state index is 12.3. The first-order valence-corrected chi connectivity index (χ1v) is 9.72. The van der Waals surface area contributed by atoms with Crippen LogP contribution in [-0.4, -0.2) is 24.2 Å². The van der Waals surface area contributed by atoms with E-state index < -0.39 is 0 Å². The molecule has 4 nitrogen and oxygen atoms in total. The Balaban J connectivity index is 1.54. The van der Waals surface area contributed by atoms with Gasteiger partial charge < -0.3 is 9.47 Å². The van der Waals surface area contributed by atoms with Crippen LogP contribution in [-0.2, 0) is 27.1 Å². The number of ether oxygens (including phenoxy) is 2. The Bertz CT molecular complexity index is 534. The zero-order chi connectivity index (χ0) is 16.2. The minimum atomic E-state index is -0.0561. The van der Waals surface area contributed by atoms with Crippen molar-refractivity contribution in [2.24, 2.45) is 5.92 Å². The Morgan fingerprint density at radius 1 is 1.26 bits per heavy atom. The highest BCUT2D eigenvalue weighted by atomic mass is 32.1. The first kappa shape index (κ1) is 16.9. The number of carbonyl (C=O) groups excluding carboxylic acids is 1. The van der Waals surface area contributed by atoms with E-state index in [4.69, 9.17) is 9.47 Å². The molecule has 0 aromatic carbocycles. The van der Waals surface area contributed by atoms with Crippen molar-refractivity contribution in [1.82, 2.24) is 4.98 Å². The first-order chi connectivity index (χ1) is 11.2. The molecule has 128 valence electrons. The van der Waals surface area contributed by atoms with E-state index in [1.807, 2.05) is 0 Å². The second-order valence-electron chi connectivity index (χ2n) is 6.73. The molecule has 0 aliphatic heterocycles. The standard InChI is InChI=1S/C18H27NO3S/c1-3-16-19-14-5-4-6-15(18(14)23-16)22-17(20)11-12-7-9-13(21-2)10-8-12/h12-13,15H,3-11H2,1-2H3/t12?,13?,15-/m0/s1. The van der Waals surface area contributed by atoms with Gasteiger partial charge in [0.05, 0.1) is 21.7 Å². The van der Waals surface area contributed by atoms with Gasteiger partial charge in [0.25, 0.3) is 0 Å². The summed E-state index contributed by atoms with van der Waals surface area (Å²) in [6, 6.07) is 0. The predicted molar refractivity (Wildman–Crippen MR) is 90.6 cm³/mol. The highest BCUT2D eigenvalue weighted by molar-refractivity contribution is 7.11. The Labute approximate surface area is 142 Å². The minimum absolute atomic E-state index is 0.0323. The third kappa shape index (κ3) is 4.13. The summed E-state index contributed by atoms with van der Waals surface area (Å²) < 4.78 is 11.2. The molecule has 0 unspecified atom stereocenters. The molecule has 1 heterocycles. The number of fused-ring (bicyclic) bond motifs is 1. The monoisotopic (exact) mass is 337 g/mol. The fraction of sp³-hybridized carbons (Fsp3) is 0.778. The van der Waals surface area contributed by atoms with Crippen LogP contribution in [0.5, 0.6) is 0 Å². The summed E-state index contributed by atoms with van der Waals surface area (Å²) in [5, 5.41) is 1.16. The van der Waals surface area contributed by atoms with E-state index in [0.717, 1.165) is 62.1 Å². The average molecular weight is 337 g/mol. The van der Waals surface area contributed by atoms with Gasteiger partial charge in [-0.15, -0.1) is 11.3 Å². The van der Waals surface area contributed by atoms with Crippen molar-refractivity contribution >= 4 is 17.3 Å². The van der Waals surface area contributed by atoms with Gasteiger partial charge in [0, 0.05) is 13.5 Å². The van der Waals surface area contributed by atoms with Gasteiger partial charge in [-0.05, 0) is 57.3 Å². The molecule has 1 saturated carbocycles. The van der Waals surface area contributed by atoms with Crippen LogP contribution in [0, 0.1) is 5.92 Å². The van der Waals surface area contributed by atoms with Crippen LogP contribution < -0.4 is 0 Å². The fourth-order valence-corrected chi connectivity index (χ4v) is 4.83. The van der Waals surface area contributed by atoms with Crippen molar-refractivity contribution in [3.63, 3.8) is 0 Å². The quantitative estimate of drug-likeness (QED) is 0.755. The molecule has 0 saturated heterocycles. The van der Waals surface area contributed by atoms with Gasteiger partial charge in [-0.3, -0.25) is 4.79 Å². The summed E-state index contributed by atoms with van der Waals surface area (Å²) in [5.41, 5.74) is 1.16. The number of nitrogens with zero attached hydrogens (tertiary/aromatic N) is 1. The summed E-state index contributed by atoms with van der Waals surface area (Å²) >= 11 is 1.73. The van der Waals surface area contributed by atoms with Gasteiger partial charge >= 0.3 is 5.97 Å². The van der Waals surface area contributed by atoms with E-state index >= 15 is 0 Å². The Morgan fingerprint density at radius 2 is 2.04 bits per heavy atom. The average Bonchev–Trinajstić information content (AvgIpc) is 3.00. The number of hydrogen-bond donors (Lipinski definition) is 0. The van der Waals surface area contributed by atoms with Crippen LogP contribution in [0.4, 0.5) is 0 Å². The van der Waals surface area contributed by atoms with E-state index in [9.17, 15) is 4.79 Å². The summed E-state index contributed by atoms with van der Waals surface area (Å²) in [6.45, 7) is 2.13. The zero-order valence-corrected chi connectivity index (χ0v) is 15.0. The normalized spacial score (nSPS) is 27.5. The fourth-order valence-electron chi connectivity index (χ4n) is 3.71. The maximum Gasteiger partial charge on any atom is 0.306 e. The first-order valence-electron chi connectivity index (χ1n) is 8.90. The number of rotatable bonds is 5. The molecule has 0 bridgehead atoms. The number of thiazole rings is 1. The maximum atomic E-state index is 12.3.